The highest BCUT2D eigenvalue weighted by molar-refractivity contribution is 6.30. The van der Waals surface area contributed by atoms with E-state index >= 15 is 0 Å². The van der Waals surface area contributed by atoms with E-state index < -0.39 is 18.8 Å². The van der Waals surface area contributed by atoms with Crippen molar-refractivity contribution >= 4 is 17.6 Å². The number of hydrogen-bond donors (Lipinski definition) is 1. The van der Waals surface area contributed by atoms with E-state index in [2.05, 4.69) is 4.98 Å². The third-order valence-corrected chi connectivity index (χ3v) is 1.85. The number of alkyl halides is 2. The van der Waals surface area contributed by atoms with Crippen molar-refractivity contribution in [2.45, 2.75) is 12.8 Å². The van der Waals surface area contributed by atoms with E-state index in [-0.39, 0.29) is 16.4 Å². The molecule has 1 heterocycles. The molecule has 6 heteroatoms. The lowest BCUT2D eigenvalue weighted by atomic mass is 10.2. The van der Waals surface area contributed by atoms with Gasteiger partial charge in [-0.3, -0.25) is 0 Å². The fourth-order valence-electron chi connectivity index (χ4n) is 0.901. The van der Waals surface area contributed by atoms with Crippen LogP contribution in [0.3, 0.4) is 0 Å². The second-order valence-electron chi connectivity index (χ2n) is 2.55. The van der Waals surface area contributed by atoms with E-state index in [0.29, 0.717) is 0 Å². The second-order valence-corrected chi connectivity index (χ2v) is 2.90. The van der Waals surface area contributed by atoms with Crippen LogP contribution in [-0.4, -0.2) is 22.5 Å². The molecule has 76 valence electrons. The Morgan fingerprint density at radius 2 is 2.21 bits per heavy atom. The van der Waals surface area contributed by atoms with Gasteiger partial charge in [-0.1, -0.05) is 17.7 Å². The number of aromatic carboxylic acids is 1. The minimum absolute atomic E-state index is 0.145. The van der Waals surface area contributed by atoms with Gasteiger partial charge in [-0.25, -0.2) is 18.6 Å². The molecule has 0 aliphatic carbocycles. The normalized spacial score (nSPS) is 10.6. The Morgan fingerprint density at radius 3 is 2.64 bits per heavy atom. The van der Waals surface area contributed by atoms with E-state index in [9.17, 15) is 13.6 Å². The van der Waals surface area contributed by atoms with E-state index in [1.54, 1.807) is 0 Å². The van der Waals surface area contributed by atoms with Crippen LogP contribution in [0.4, 0.5) is 8.78 Å². The second kappa shape index (κ2) is 4.32. The summed E-state index contributed by atoms with van der Waals surface area (Å²) < 4.78 is 23.9. The van der Waals surface area contributed by atoms with Crippen LogP contribution in [0, 0.1) is 0 Å². The van der Waals surface area contributed by atoms with Crippen LogP contribution in [0.5, 0.6) is 0 Å². The minimum Gasteiger partial charge on any atom is -0.477 e. The number of carbonyl (C=O) groups is 1. The van der Waals surface area contributed by atoms with Gasteiger partial charge in [0.2, 0.25) is 6.43 Å². The number of hydrogen-bond acceptors (Lipinski definition) is 2. The molecule has 0 aliphatic rings. The molecule has 0 saturated heterocycles. The van der Waals surface area contributed by atoms with Crippen molar-refractivity contribution in [3.05, 3.63) is 28.5 Å². The topological polar surface area (TPSA) is 50.2 Å². The van der Waals surface area contributed by atoms with Crippen LogP contribution < -0.4 is 0 Å². The first-order valence-corrected chi connectivity index (χ1v) is 4.05. The zero-order valence-corrected chi connectivity index (χ0v) is 7.63. The summed E-state index contributed by atoms with van der Waals surface area (Å²) in [6.45, 7) is 0. The Balaban J connectivity index is 2.95. The number of rotatable bonds is 3. The number of carboxylic acids is 1. The maximum absolute atomic E-state index is 12.0. The minimum atomic E-state index is -2.52. The van der Waals surface area contributed by atoms with Gasteiger partial charge in [-0.2, -0.15) is 0 Å². The van der Waals surface area contributed by atoms with Gasteiger partial charge < -0.3 is 5.11 Å². The number of carboxylic acid groups (broad SMARTS) is 1. The van der Waals surface area contributed by atoms with Crippen LogP contribution in [0.25, 0.3) is 0 Å². The molecule has 0 saturated carbocycles. The summed E-state index contributed by atoms with van der Waals surface area (Å²) in [5.74, 6) is -1.24. The van der Waals surface area contributed by atoms with E-state index in [0.717, 1.165) is 6.07 Å². The molecule has 0 aromatic carbocycles. The molecule has 0 fully saturated rings. The molecule has 0 unspecified atom stereocenters. The number of pyridine rings is 1. The van der Waals surface area contributed by atoms with Crippen LogP contribution in [-0.2, 0) is 6.42 Å². The number of aromatic nitrogens is 1. The van der Waals surface area contributed by atoms with Gasteiger partial charge in [0.15, 0.2) is 0 Å². The summed E-state index contributed by atoms with van der Waals surface area (Å²) >= 11 is 5.51. The maximum atomic E-state index is 12.0. The van der Waals surface area contributed by atoms with Crippen molar-refractivity contribution in [3.8, 4) is 0 Å². The van der Waals surface area contributed by atoms with Crippen molar-refractivity contribution in [2.24, 2.45) is 0 Å². The zero-order chi connectivity index (χ0) is 10.7. The summed E-state index contributed by atoms with van der Waals surface area (Å²) in [5.41, 5.74) is -0.111. The van der Waals surface area contributed by atoms with Crippen molar-refractivity contribution in [2.75, 3.05) is 0 Å². The monoisotopic (exact) mass is 221 g/mol. The van der Waals surface area contributed by atoms with Gasteiger partial charge in [0, 0.05) is 6.42 Å². The van der Waals surface area contributed by atoms with E-state index in [1.165, 1.54) is 6.07 Å². The SMILES string of the molecule is O=C(O)c1ccc(CC(F)F)c(Cl)n1. The average Bonchev–Trinajstić information content (AvgIpc) is 2.07. The predicted octanol–water partition coefficient (Wildman–Crippen LogP) is 2.24. The Kier molecular flexibility index (Phi) is 3.35. The first-order valence-electron chi connectivity index (χ1n) is 3.67. The highest BCUT2D eigenvalue weighted by atomic mass is 35.5. The quantitative estimate of drug-likeness (QED) is 0.797. The van der Waals surface area contributed by atoms with Crippen LogP contribution in [0.1, 0.15) is 16.1 Å². The van der Waals surface area contributed by atoms with Crippen molar-refractivity contribution in [1.82, 2.24) is 4.98 Å². The van der Waals surface area contributed by atoms with Crippen LogP contribution in [0.2, 0.25) is 5.15 Å². The largest absolute Gasteiger partial charge is 0.477 e. The maximum Gasteiger partial charge on any atom is 0.354 e. The van der Waals surface area contributed by atoms with E-state index in [4.69, 9.17) is 16.7 Å². The van der Waals surface area contributed by atoms with Crippen molar-refractivity contribution in [1.29, 1.82) is 0 Å². The first-order chi connectivity index (χ1) is 6.50. The molecule has 0 aliphatic heterocycles. The lowest BCUT2D eigenvalue weighted by Crippen LogP contribution is -2.04. The summed E-state index contributed by atoms with van der Waals surface area (Å²) in [4.78, 5) is 13.9. The van der Waals surface area contributed by atoms with Crippen molar-refractivity contribution < 1.29 is 18.7 Å². The molecule has 1 aromatic heterocycles. The Hall–Kier alpha value is -1.23. The first kappa shape index (κ1) is 10.8. The van der Waals surface area contributed by atoms with Crippen molar-refractivity contribution in [3.63, 3.8) is 0 Å². The molecule has 3 nitrogen and oxygen atoms in total. The summed E-state index contributed by atoms with van der Waals surface area (Å²) in [5, 5.41) is 8.32. The molecule has 1 aromatic rings. The average molecular weight is 222 g/mol. The molecule has 14 heavy (non-hydrogen) atoms. The zero-order valence-electron chi connectivity index (χ0n) is 6.88. The third-order valence-electron chi connectivity index (χ3n) is 1.52. The summed E-state index contributed by atoms with van der Waals surface area (Å²) in [6, 6.07) is 2.39. The van der Waals surface area contributed by atoms with Gasteiger partial charge in [-0.15, -0.1) is 0 Å². The Bertz CT molecular complexity index is 357. The summed E-state index contributed by atoms with van der Waals surface area (Å²) in [7, 11) is 0. The third kappa shape index (κ3) is 2.63. The molecule has 0 radical (unpaired) electrons. The summed E-state index contributed by atoms with van der Waals surface area (Å²) in [6.07, 6.45) is -3.05. The number of halogens is 3. The molecule has 0 spiro atoms. The Labute approximate surface area is 83.3 Å². The fraction of sp³-hybridized carbons (Fsp3) is 0.250. The molecule has 1 N–H and O–H groups in total. The Morgan fingerprint density at radius 1 is 1.57 bits per heavy atom. The molecule has 1 rings (SSSR count). The standard InChI is InChI=1S/C8H6ClF2NO2/c9-7-4(3-6(10)11)1-2-5(12-7)8(13)14/h1-2,6H,3H2,(H,13,14). The van der Waals surface area contributed by atoms with Gasteiger partial charge in [0.1, 0.15) is 10.8 Å². The fourth-order valence-corrected chi connectivity index (χ4v) is 1.13. The van der Waals surface area contributed by atoms with Crippen LogP contribution >= 0.6 is 11.6 Å². The lowest BCUT2D eigenvalue weighted by Gasteiger charge is -2.03. The van der Waals surface area contributed by atoms with Gasteiger partial charge >= 0.3 is 5.97 Å². The van der Waals surface area contributed by atoms with Gasteiger partial charge in [0.25, 0.3) is 0 Å². The molecular weight excluding hydrogens is 216 g/mol. The predicted molar refractivity (Wildman–Crippen MR) is 45.9 cm³/mol. The van der Waals surface area contributed by atoms with E-state index in [1.807, 2.05) is 0 Å². The van der Waals surface area contributed by atoms with Gasteiger partial charge in [-0.05, 0) is 11.6 Å². The molecule has 0 bridgehead atoms. The highest BCUT2D eigenvalue weighted by Crippen LogP contribution is 2.17. The molecule has 0 atom stereocenters. The molecular formula is C8H6ClF2NO2. The number of nitrogens with zero attached hydrogens (tertiary/aromatic N) is 1. The van der Waals surface area contributed by atoms with Gasteiger partial charge in [0.05, 0.1) is 0 Å². The highest BCUT2D eigenvalue weighted by Gasteiger charge is 2.12. The van der Waals surface area contributed by atoms with Crippen LogP contribution in [0.15, 0.2) is 12.1 Å². The molecule has 0 amide bonds. The lowest BCUT2D eigenvalue weighted by molar-refractivity contribution is 0.0690. The smallest absolute Gasteiger partial charge is 0.354 e.